The second-order valence-electron chi connectivity index (χ2n) is 4.71. The number of hydrogen-bond donors (Lipinski definition) is 2. The van der Waals surface area contributed by atoms with Crippen molar-refractivity contribution in [3.8, 4) is 0 Å². The number of hydrogen-bond acceptors (Lipinski definition) is 4. The van der Waals surface area contributed by atoms with E-state index in [0.29, 0.717) is 28.7 Å². The van der Waals surface area contributed by atoms with Gasteiger partial charge in [-0.2, -0.15) is 5.10 Å². The molecule has 8 heteroatoms. The monoisotopic (exact) mass is 372 g/mol. The van der Waals surface area contributed by atoms with Gasteiger partial charge in [0.05, 0.1) is 4.90 Å². The first kappa shape index (κ1) is 16.0. The van der Waals surface area contributed by atoms with Crippen molar-refractivity contribution in [2.24, 2.45) is 7.05 Å². The highest BCUT2D eigenvalue weighted by atomic mass is 79.9. The topological polar surface area (TPSA) is 90.0 Å². The van der Waals surface area contributed by atoms with Crippen LogP contribution in [0.1, 0.15) is 11.3 Å². The van der Waals surface area contributed by atoms with Crippen molar-refractivity contribution < 1.29 is 8.42 Å². The molecule has 1 aromatic carbocycles. The third kappa shape index (κ3) is 3.63. The third-order valence-electron chi connectivity index (χ3n) is 3.25. The van der Waals surface area contributed by atoms with Gasteiger partial charge in [-0.3, -0.25) is 4.68 Å². The van der Waals surface area contributed by atoms with Crippen molar-refractivity contribution in [3.05, 3.63) is 40.1 Å². The number of aromatic nitrogens is 2. The SMILES string of the molecule is Cc1c(N)cc(Br)cc1S(=O)(=O)NCCc1ccnn1C. The second-order valence-corrected chi connectivity index (χ2v) is 7.36. The van der Waals surface area contributed by atoms with Crippen LogP contribution in [0.25, 0.3) is 0 Å². The Morgan fingerprint density at radius 2 is 2.14 bits per heavy atom. The molecule has 0 fully saturated rings. The number of nitrogen functional groups attached to an aromatic ring is 1. The van der Waals surface area contributed by atoms with E-state index >= 15 is 0 Å². The number of nitrogens with one attached hydrogen (secondary N) is 1. The smallest absolute Gasteiger partial charge is 0.240 e. The van der Waals surface area contributed by atoms with Gasteiger partial charge in [0, 0.05) is 42.1 Å². The van der Waals surface area contributed by atoms with E-state index in [4.69, 9.17) is 5.73 Å². The van der Waals surface area contributed by atoms with Gasteiger partial charge in [0.15, 0.2) is 0 Å². The molecule has 6 nitrogen and oxygen atoms in total. The minimum Gasteiger partial charge on any atom is -0.398 e. The van der Waals surface area contributed by atoms with Crippen LogP contribution < -0.4 is 10.5 Å². The number of benzene rings is 1. The highest BCUT2D eigenvalue weighted by molar-refractivity contribution is 9.10. The van der Waals surface area contributed by atoms with Gasteiger partial charge in [-0.05, 0) is 30.7 Å². The predicted octanol–water partition coefficient (Wildman–Crippen LogP) is 1.59. The molecule has 1 heterocycles. The van der Waals surface area contributed by atoms with Crippen LogP contribution in [0.2, 0.25) is 0 Å². The first-order valence-electron chi connectivity index (χ1n) is 6.33. The average Bonchev–Trinajstić information content (AvgIpc) is 2.79. The fourth-order valence-electron chi connectivity index (χ4n) is 1.99. The minimum atomic E-state index is -3.59. The van der Waals surface area contributed by atoms with E-state index in [1.54, 1.807) is 29.9 Å². The molecule has 0 radical (unpaired) electrons. The standard InChI is InChI=1S/C13H17BrN4O2S/c1-9-12(15)7-10(14)8-13(9)21(19,20)17-6-4-11-3-5-16-18(11)2/h3,5,7-8,17H,4,6,15H2,1-2H3. The van der Waals surface area contributed by atoms with Gasteiger partial charge in [-0.25, -0.2) is 13.1 Å². The summed E-state index contributed by atoms with van der Waals surface area (Å²) in [5.74, 6) is 0. The van der Waals surface area contributed by atoms with E-state index < -0.39 is 10.0 Å². The molecule has 0 unspecified atom stereocenters. The Balaban J connectivity index is 2.14. The first-order chi connectivity index (χ1) is 9.81. The second kappa shape index (κ2) is 6.17. The lowest BCUT2D eigenvalue weighted by molar-refractivity contribution is 0.579. The first-order valence-corrected chi connectivity index (χ1v) is 8.61. The summed E-state index contributed by atoms with van der Waals surface area (Å²) < 4.78 is 29.7. The Kier molecular flexibility index (Phi) is 4.70. The van der Waals surface area contributed by atoms with E-state index in [2.05, 4.69) is 25.8 Å². The van der Waals surface area contributed by atoms with E-state index in [0.717, 1.165) is 5.69 Å². The Hall–Kier alpha value is -1.38. The van der Waals surface area contributed by atoms with Crippen molar-refractivity contribution >= 4 is 31.6 Å². The maximum atomic E-state index is 12.4. The summed E-state index contributed by atoms with van der Waals surface area (Å²) >= 11 is 3.26. The molecule has 0 aliphatic carbocycles. The minimum absolute atomic E-state index is 0.194. The number of rotatable bonds is 5. The zero-order chi connectivity index (χ0) is 15.6. The van der Waals surface area contributed by atoms with Gasteiger partial charge >= 0.3 is 0 Å². The molecular formula is C13H17BrN4O2S. The van der Waals surface area contributed by atoms with E-state index in [9.17, 15) is 8.42 Å². The molecule has 3 N–H and O–H groups in total. The van der Waals surface area contributed by atoms with Crippen LogP contribution in [0.5, 0.6) is 0 Å². The molecular weight excluding hydrogens is 356 g/mol. The molecule has 21 heavy (non-hydrogen) atoms. The van der Waals surface area contributed by atoms with Crippen molar-refractivity contribution in [1.82, 2.24) is 14.5 Å². The molecule has 2 rings (SSSR count). The fraction of sp³-hybridized carbons (Fsp3) is 0.308. The van der Waals surface area contributed by atoms with Gasteiger partial charge in [0.2, 0.25) is 10.0 Å². The summed E-state index contributed by atoms with van der Waals surface area (Å²) in [4.78, 5) is 0.194. The highest BCUT2D eigenvalue weighted by Crippen LogP contribution is 2.26. The molecule has 0 atom stereocenters. The molecule has 1 aromatic heterocycles. The lowest BCUT2D eigenvalue weighted by Gasteiger charge is -2.12. The van der Waals surface area contributed by atoms with Gasteiger partial charge in [0.25, 0.3) is 0 Å². The lowest BCUT2D eigenvalue weighted by Crippen LogP contribution is -2.27. The van der Waals surface area contributed by atoms with Crippen LogP contribution in [0.4, 0.5) is 5.69 Å². The van der Waals surface area contributed by atoms with Crippen LogP contribution in [0.15, 0.2) is 33.8 Å². The van der Waals surface area contributed by atoms with Crippen molar-refractivity contribution in [2.45, 2.75) is 18.2 Å². The van der Waals surface area contributed by atoms with Crippen molar-refractivity contribution in [3.63, 3.8) is 0 Å². The Bertz CT molecular complexity index is 756. The van der Waals surface area contributed by atoms with Gasteiger partial charge in [-0.1, -0.05) is 15.9 Å². The maximum absolute atomic E-state index is 12.4. The largest absolute Gasteiger partial charge is 0.398 e. The van der Waals surface area contributed by atoms with E-state index in [1.165, 1.54) is 0 Å². The molecule has 2 aromatic rings. The van der Waals surface area contributed by atoms with Crippen LogP contribution >= 0.6 is 15.9 Å². The van der Waals surface area contributed by atoms with Crippen LogP contribution in [-0.4, -0.2) is 24.7 Å². The number of sulfonamides is 1. The fourth-order valence-corrected chi connectivity index (χ4v) is 3.95. The Morgan fingerprint density at radius 1 is 1.43 bits per heavy atom. The number of nitrogens with two attached hydrogens (primary N) is 1. The summed E-state index contributed by atoms with van der Waals surface area (Å²) in [7, 11) is -1.77. The normalized spacial score (nSPS) is 11.8. The Morgan fingerprint density at radius 3 is 2.76 bits per heavy atom. The zero-order valence-corrected chi connectivity index (χ0v) is 14.2. The molecule has 0 saturated heterocycles. The van der Waals surface area contributed by atoms with Crippen molar-refractivity contribution in [2.75, 3.05) is 12.3 Å². The summed E-state index contributed by atoms with van der Waals surface area (Å²) in [5, 5.41) is 4.04. The molecule has 0 aliphatic rings. The molecule has 0 saturated carbocycles. The number of nitrogens with zero attached hydrogens (tertiary/aromatic N) is 2. The van der Waals surface area contributed by atoms with Crippen LogP contribution in [0, 0.1) is 6.92 Å². The van der Waals surface area contributed by atoms with E-state index in [-0.39, 0.29) is 4.90 Å². The van der Waals surface area contributed by atoms with Crippen LogP contribution in [-0.2, 0) is 23.5 Å². The van der Waals surface area contributed by atoms with Gasteiger partial charge in [-0.15, -0.1) is 0 Å². The lowest BCUT2D eigenvalue weighted by atomic mass is 10.2. The molecule has 0 aliphatic heterocycles. The molecule has 114 valence electrons. The molecule has 0 bridgehead atoms. The van der Waals surface area contributed by atoms with Gasteiger partial charge in [0.1, 0.15) is 0 Å². The summed E-state index contributed by atoms with van der Waals surface area (Å²) in [6, 6.07) is 5.10. The van der Waals surface area contributed by atoms with Crippen LogP contribution in [0.3, 0.4) is 0 Å². The molecule has 0 amide bonds. The van der Waals surface area contributed by atoms with E-state index in [1.807, 2.05) is 13.1 Å². The summed E-state index contributed by atoms with van der Waals surface area (Å²) in [6.07, 6.45) is 2.25. The average molecular weight is 373 g/mol. The highest BCUT2D eigenvalue weighted by Gasteiger charge is 2.18. The maximum Gasteiger partial charge on any atom is 0.240 e. The number of halogens is 1. The summed E-state index contributed by atoms with van der Waals surface area (Å²) in [6.45, 7) is 1.99. The quantitative estimate of drug-likeness (QED) is 0.779. The Labute approximate surface area is 132 Å². The van der Waals surface area contributed by atoms with Gasteiger partial charge < -0.3 is 5.73 Å². The summed E-state index contributed by atoms with van der Waals surface area (Å²) in [5.41, 5.74) is 7.76. The third-order valence-corrected chi connectivity index (χ3v) is 5.30. The predicted molar refractivity (Wildman–Crippen MR) is 85.4 cm³/mol. The molecule has 0 spiro atoms. The zero-order valence-electron chi connectivity index (χ0n) is 11.8. The van der Waals surface area contributed by atoms with Crippen molar-refractivity contribution in [1.29, 1.82) is 0 Å². The number of anilines is 1. The number of aryl methyl sites for hydroxylation is 1.